The van der Waals surface area contributed by atoms with Crippen molar-refractivity contribution in [3.05, 3.63) is 41.6 Å². The number of rotatable bonds is 4. The fourth-order valence-corrected chi connectivity index (χ4v) is 2.52. The summed E-state index contributed by atoms with van der Waals surface area (Å²) in [7, 11) is 0. The SMILES string of the molecule is CC(C)c1nc(Cn2ccnc2-c2cccs2)no1. The molecule has 0 fully saturated rings. The van der Waals surface area contributed by atoms with E-state index in [0.29, 0.717) is 18.3 Å². The molecule has 3 aromatic heterocycles. The van der Waals surface area contributed by atoms with Gasteiger partial charge in [-0.05, 0) is 11.4 Å². The minimum atomic E-state index is 0.251. The highest BCUT2D eigenvalue weighted by molar-refractivity contribution is 7.13. The highest BCUT2D eigenvalue weighted by atomic mass is 32.1. The minimum Gasteiger partial charge on any atom is -0.339 e. The standard InChI is InChI=1S/C13H14N4OS/c1-9(2)13-15-11(16-18-13)8-17-6-5-14-12(17)10-4-3-7-19-10/h3-7,9H,8H2,1-2H3. The maximum Gasteiger partial charge on any atom is 0.229 e. The van der Waals surface area contributed by atoms with Crippen molar-refractivity contribution in [3.63, 3.8) is 0 Å². The summed E-state index contributed by atoms with van der Waals surface area (Å²) < 4.78 is 7.24. The van der Waals surface area contributed by atoms with E-state index in [9.17, 15) is 0 Å². The first-order valence-electron chi connectivity index (χ1n) is 6.11. The van der Waals surface area contributed by atoms with Crippen LogP contribution in [0.1, 0.15) is 31.5 Å². The van der Waals surface area contributed by atoms with Crippen LogP contribution in [-0.4, -0.2) is 19.7 Å². The van der Waals surface area contributed by atoms with Gasteiger partial charge in [0.15, 0.2) is 5.82 Å². The zero-order valence-corrected chi connectivity index (χ0v) is 11.6. The number of nitrogens with zero attached hydrogens (tertiary/aromatic N) is 4. The molecule has 3 rings (SSSR count). The molecule has 0 aromatic carbocycles. The van der Waals surface area contributed by atoms with Crippen LogP contribution in [0.5, 0.6) is 0 Å². The zero-order valence-electron chi connectivity index (χ0n) is 10.8. The lowest BCUT2D eigenvalue weighted by Crippen LogP contribution is -2.02. The number of thiophene rings is 1. The molecular formula is C13H14N4OS. The largest absolute Gasteiger partial charge is 0.339 e. The molecule has 19 heavy (non-hydrogen) atoms. The molecule has 5 nitrogen and oxygen atoms in total. The summed E-state index contributed by atoms with van der Waals surface area (Å²) in [5.74, 6) is 2.54. The number of hydrogen-bond acceptors (Lipinski definition) is 5. The van der Waals surface area contributed by atoms with Gasteiger partial charge in [-0.3, -0.25) is 0 Å². The molecule has 3 aromatic rings. The van der Waals surface area contributed by atoms with Crippen LogP contribution in [0.15, 0.2) is 34.4 Å². The molecule has 6 heteroatoms. The summed E-state index contributed by atoms with van der Waals surface area (Å²) in [5, 5.41) is 6.04. The molecule has 0 bridgehead atoms. The Kier molecular flexibility index (Phi) is 3.16. The lowest BCUT2D eigenvalue weighted by molar-refractivity contribution is 0.360. The molecule has 0 aliphatic carbocycles. The predicted octanol–water partition coefficient (Wildman–Crippen LogP) is 3.17. The van der Waals surface area contributed by atoms with Gasteiger partial charge in [-0.2, -0.15) is 4.98 Å². The molecule has 0 unspecified atom stereocenters. The summed E-state index contributed by atoms with van der Waals surface area (Å²) in [6.45, 7) is 4.64. The molecule has 0 amide bonds. The zero-order chi connectivity index (χ0) is 13.2. The van der Waals surface area contributed by atoms with Gasteiger partial charge in [0.2, 0.25) is 5.89 Å². The fraction of sp³-hybridized carbons (Fsp3) is 0.308. The van der Waals surface area contributed by atoms with Crippen LogP contribution >= 0.6 is 11.3 Å². The molecule has 3 heterocycles. The van der Waals surface area contributed by atoms with Gasteiger partial charge >= 0.3 is 0 Å². The molecule has 98 valence electrons. The minimum absolute atomic E-state index is 0.251. The number of imidazole rings is 1. The van der Waals surface area contributed by atoms with E-state index in [1.807, 2.05) is 36.1 Å². The number of hydrogen-bond donors (Lipinski definition) is 0. The second kappa shape index (κ2) is 4.97. The van der Waals surface area contributed by atoms with E-state index >= 15 is 0 Å². The van der Waals surface area contributed by atoms with Crippen LogP contribution in [0.2, 0.25) is 0 Å². The van der Waals surface area contributed by atoms with Crippen molar-refractivity contribution >= 4 is 11.3 Å². The van der Waals surface area contributed by atoms with Crippen molar-refractivity contribution in [1.82, 2.24) is 19.7 Å². The Morgan fingerprint density at radius 2 is 2.32 bits per heavy atom. The van der Waals surface area contributed by atoms with Gasteiger partial charge in [0, 0.05) is 18.3 Å². The summed E-state index contributed by atoms with van der Waals surface area (Å²) in [6.07, 6.45) is 3.72. The van der Waals surface area contributed by atoms with E-state index in [4.69, 9.17) is 4.52 Å². The Bertz CT molecular complexity index is 654. The molecule has 0 aliphatic rings. The molecule has 0 saturated heterocycles. The fourth-order valence-electron chi connectivity index (χ4n) is 1.79. The van der Waals surface area contributed by atoms with E-state index in [2.05, 4.69) is 21.2 Å². The van der Waals surface area contributed by atoms with Gasteiger partial charge in [-0.1, -0.05) is 25.1 Å². The van der Waals surface area contributed by atoms with Crippen molar-refractivity contribution in [3.8, 4) is 10.7 Å². The van der Waals surface area contributed by atoms with Gasteiger partial charge in [0.25, 0.3) is 0 Å². The van der Waals surface area contributed by atoms with E-state index in [-0.39, 0.29) is 5.92 Å². The van der Waals surface area contributed by atoms with Crippen molar-refractivity contribution in [2.75, 3.05) is 0 Å². The van der Waals surface area contributed by atoms with Crippen molar-refractivity contribution in [2.24, 2.45) is 0 Å². The second-order valence-corrected chi connectivity index (χ2v) is 5.51. The molecular weight excluding hydrogens is 260 g/mol. The van der Waals surface area contributed by atoms with E-state index in [1.165, 1.54) is 0 Å². The van der Waals surface area contributed by atoms with Gasteiger partial charge in [-0.15, -0.1) is 11.3 Å². The Balaban J connectivity index is 1.85. The molecule has 0 saturated carbocycles. The Hall–Kier alpha value is -1.95. The third kappa shape index (κ3) is 2.44. The highest BCUT2D eigenvalue weighted by Crippen LogP contribution is 2.23. The topological polar surface area (TPSA) is 56.7 Å². The molecule has 0 N–H and O–H groups in total. The third-order valence-electron chi connectivity index (χ3n) is 2.75. The summed E-state index contributed by atoms with van der Waals surface area (Å²) in [6, 6.07) is 4.07. The van der Waals surface area contributed by atoms with Crippen molar-refractivity contribution in [1.29, 1.82) is 0 Å². The smallest absolute Gasteiger partial charge is 0.229 e. The molecule has 0 radical (unpaired) electrons. The van der Waals surface area contributed by atoms with E-state index < -0.39 is 0 Å². The number of aromatic nitrogens is 4. The Morgan fingerprint density at radius 1 is 1.42 bits per heavy atom. The first-order valence-corrected chi connectivity index (χ1v) is 6.99. The molecule has 0 aliphatic heterocycles. The summed E-state index contributed by atoms with van der Waals surface area (Å²) in [4.78, 5) is 9.90. The van der Waals surface area contributed by atoms with Crippen LogP contribution in [0.25, 0.3) is 10.7 Å². The normalized spacial score (nSPS) is 11.3. The quantitative estimate of drug-likeness (QED) is 0.733. The summed E-state index contributed by atoms with van der Waals surface area (Å²) in [5.41, 5.74) is 0. The Labute approximate surface area is 114 Å². The van der Waals surface area contributed by atoms with Gasteiger partial charge in [0.05, 0.1) is 11.4 Å². The lowest BCUT2D eigenvalue weighted by Gasteiger charge is -2.02. The molecule has 0 spiro atoms. The van der Waals surface area contributed by atoms with Crippen LogP contribution in [0.4, 0.5) is 0 Å². The van der Waals surface area contributed by atoms with Gasteiger partial charge in [0.1, 0.15) is 5.82 Å². The van der Waals surface area contributed by atoms with E-state index in [0.717, 1.165) is 10.7 Å². The van der Waals surface area contributed by atoms with Crippen molar-refractivity contribution in [2.45, 2.75) is 26.3 Å². The maximum atomic E-state index is 5.21. The second-order valence-electron chi connectivity index (χ2n) is 4.56. The van der Waals surface area contributed by atoms with Gasteiger partial charge in [-0.25, -0.2) is 4.98 Å². The highest BCUT2D eigenvalue weighted by Gasteiger charge is 2.12. The van der Waals surface area contributed by atoms with Gasteiger partial charge < -0.3 is 9.09 Å². The maximum absolute atomic E-state index is 5.21. The first kappa shape index (κ1) is 12.1. The average Bonchev–Trinajstić information content (AvgIpc) is 3.09. The van der Waals surface area contributed by atoms with E-state index in [1.54, 1.807) is 17.5 Å². The third-order valence-corrected chi connectivity index (χ3v) is 3.61. The Morgan fingerprint density at radius 3 is 3.00 bits per heavy atom. The van der Waals surface area contributed by atoms with Crippen LogP contribution in [-0.2, 0) is 6.54 Å². The monoisotopic (exact) mass is 274 g/mol. The molecule has 0 atom stereocenters. The van der Waals surface area contributed by atoms with Crippen LogP contribution < -0.4 is 0 Å². The lowest BCUT2D eigenvalue weighted by atomic mass is 10.2. The predicted molar refractivity (Wildman–Crippen MR) is 73.0 cm³/mol. The summed E-state index contributed by atoms with van der Waals surface area (Å²) >= 11 is 1.67. The average molecular weight is 274 g/mol. The van der Waals surface area contributed by atoms with Crippen molar-refractivity contribution < 1.29 is 4.52 Å². The first-order chi connectivity index (χ1) is 9.24. The van der Waals surface area contributed by atoms with Crippen LogP contribution in [0, 0.1) is 0 Å². The van der Waals surface area contributed by atoms with Crippen LogP contribution in [0.3, 0.4) is 0 Å².